The van der Waals surface area contributed by atoms with Crippen LogP contribution in [0.4, 0.5) is 0 Å². The van der Waals surface area contributed by atoms with Crippen LogP contribution < -0.4 is 0 Å². The average Bonchev–Trinajstić information content (AvgIpc) is 3.80. The molecular weight excluding hydrogens is 569 g/mol. The predicted octanol–water partition coefficient (Wildman–Crippen LogP) is 11.8. The number of nitrogens with zero attached hydrogens (tertiary/aromatic N) is 2. The summed E-state index contributed by atoms with van der Waals surface area (Å²) in [6, 6.07) is 44.2. The van der Waals surface area contributed by atoms with Gasteiger partial charge >= 0.3 is 0 Å². The van der Waals surface area contributed by atoms with Gasteiger partial charge in [0.15, 0.2) is 0 Å². The van der Waals surface area contributed by atoms with Gasteiger partial charge < -0.3 is 4.57 Å². The molecule has 0 atom stereocenters. The lowest BCUT2D eigenvalue weighted by atomic mass is 10.1. The molecule has 6 aromatic carbocycles. The standard InChI is InChI=1S/C37H20N2S3/c1-5-13-26-21(9-1)22-10-2-6-14-27(22)39(26)28-18-17-25(36-33(28)23-11-3-8-16-30(23)41-36)37-38-35-32(42-37)20-19-31-34(35)24-12-4-7-15-29(24)40-31/h1-20H. The van der Waals surface area contributed by atoms with Crippen LogP contribution in [0.1, 0.15) is 0 Å². The van der Waals surface area contributed by atoms with Crippen molar-refractivity contribution in [1.82, 2.24) is 9.55 Å². The van der Waals surface area contributed by atoms with Gasteiger partial charge in [0, 0.05) is 56.7 Å². The van der Waals surface area contributed by atoms with Crippen LogP contribution in [0.3, 0.4) is 0 Å². The minimum atomic E-state index is 1.08. The molecule has 2 nitrogen and oxygen atoms in total. The van der Waals surface area contributed by atoms with Crippen molar-refractivity contribution in [3.05, 3.63) is 121 Å². The highest BCUT2D eigenvalue weighted by Gasteiger charge is 2.21. The van der Waals surface area contributed by atoms with E-state index in [1.165, 1.54) is 78.1 Å². The van der Waals surface area contributed by atoms with Crippen molar-refractivity contribution in [2.24, 2.45) is 0 Å². The zero-order valence-corrected chi connectivity index (χ0v) is 24.6. The first-order chi connectivity index (χ1) is 20.8. The molecule has 5 heteroatoms. The minimum Gasteiger partial charge on any atom is -0.309 e. The average molecular weight is 589 g/mol. The molecule has 196 valence electrons. The predicted molar refractivity (Wildman–Crippen MR) is 185 cm³/mol. The van der Waals surface area contributed by atoms with Gasteiger partial charge in [-0.25, -0.2) is 4.98 Å². The highest BCUT2D eigenvalue weighted by atomic mass is 32.1. The SMILES string of the molecule is c1ccc2c(c1)sc1c(-c3nc4c(ccc5sc6ccccc6c54)s3)ccc(-n3c4ccccc4c4ccccc43)c12. The Kier molecular flexibility index (Phi) is 4.66. The van der Waals surface area contributed by atoms with Gasteiger partial charge in [0.05, 0.1) is 26.9 Å². The zero-order chi connectivity index (χ0) is 27.4. The summed E-state index contributed by atoms with van der Waals surface area (Å²) in [5.74, 6) is 0. The molecule has 0 aliphatic heterocycles. The van der Waals surface area contributed by atoms with Crippen LogP contribution in [0.2, 0.25) is 0 Å². The number of hydrogen-bond donors (Lipinski definition) is 0. The van der Waals surface area contributed by atoms with Gasteiger partial charge in [-0.05, 0) is 48.5 Å². The number of thiazole rings is 1. The fraction of sp³-hybridized carbons (Fsp3) is 0. The van der Waals surface area contributed by atoms with Crippen LogP contribution in [0.25, 0.3) is 88.6 Å². The summed E-state index contributed by atoms with van der Waals surface area (Å²) in [5, 5.41) is 8.82. The smallest absolute Gasteiger partial charge is 0.126 e. The van der Waals surface area contributed by atoms with Gasteiger partial charge in [0.25, 0.3) is 0 Å². The van der Waals surface area contributed by atoms with Gasteiger partial charge in [-0.15, -0.1) is 34.0 Å². The van der Waals surface area contributed by atoms with E-state index in [-0.39, 0.29) is 0 Å². The molecular formula is C37H20N2S3. The molecule has 0 spiro atoms. The topological polar surface area (TPSA) is 17.8 Å². The fourth-order valence-corrected chi connectivity index (χ4v) is 10.1. The Morgan fingerprint density at radius 1 is 0.452 bits per heavy atom. The van der Waals surface area contributed by atoms with E-state index in [9.17, 15) is 0 Å². The maximum atomic E-state index is 5.37. The summed E-state index contributed by atoms with van der Waals surface area (Å²) in [5.41, 5.74) is 6.01. The second-order valence-corrected chi connectivity index (χ2v) is 13.9. The molecule has 0 saturated heterocycles. The molecule has 10 aromatic rings. The molecule has 4 aromatic heterocycles. The number of benzene rings is 6. The van der Waals surface area contributed by atoms with E-state index in [0.29, 0.717) is 0 Å². The molecule has 42 heavy (non-hydrogen) atoms. The summed E-state index contributed by atoms with van der Waals surface area (Å²) in [4.78, 5) is 5.37. The van der Waals surface area contributed by atoms with Crippen molar-refractivity contribution in [2.75, 3.05) is 0 Å². The highest BCUT2D eigenvalue weighted by Crippen LogP contribution is 2.47. The summed E-state index contributed by atoms with van der Waals surface area (Å²) in [6.45, 7) is 0. The Balaban J connectivity index is 1.31. The molecule has 0 amide bonds. The van der Waals surface area contributed by atoms with E-state index in [2.05, 4.69) is 126 Å². The lowest BCUT2D eigenvalue weighted by molar-refractivity contribution is 1.20. The number of para-hydroxylation sites is 2. The van der Waals surface area contributed by atoms with Crippen molar-refractivity contribution in [3.63, 3.8) is 0 Å². The third-order valence-corrected chi connectivity index (χ3v) is 11.8. The van der Waals surface area contributed by atoms with Crippen molar-refractivity contribution >= 4 is 106 Å². The first kappa shape index (κ1) is 23.1. The second-order valence-electron chi connectivity index (χ2n) is 10.7. The van der Waals surface area contributed by atoms with Gasteiger partial charge in [-0.1, -0.05) is 72.8 Å². The first-order valence-electron chi connectivity index (χ1n) is 14.0. The lowest BCUT2D eigenvalue weighted by Crippen LogP contribution is -1.95. The van der Waals surface area contributed by atoms with Gasteiger partial charge in [-0.3, -0.25) is 0 Å². The zero-order valence-electron chi connectivity index (χ0n) is 22.2. The second kappa shape index (κ2) is 8.49. The Bertz CT molecular complexity index is 2650. The molecule has 0 bridgehead atoms. The number of rotatable bonds is 2. The molecule has 0 fully saturated rings. The molecule has 4 heterocycles. The third-order valence-electron chi connectivity index (χ3n) is 8.45. The normalized spacial score (nSPS) is 12.3. The lowest BCUT2D eigenvalue weighted by Gasteiger charge is -2.12. The molecule has 10 rings (SSSR count). The van der Waals surface area contributed by atoms with Crippen molar-refractivity contribution in [2.45, 2.75) is 0 Å². The summed E-state index contributed by atoms with van der Waals surface area (Å²) >= 11 is 5.54. The fourth-order valence-electron chi connectivity index (χ4n) is 6.66. The van der Waals surface area contributed by atoms with E-state index in [1.807, 2.05) is 22.7 Å². The number of fused-ring (bicyclic) bond motifs is 11. The molecule has 0 N–H and O–H groups in total. The third kappa shape index (κ3) is 3.05. The Hall–Kier alpha value is -4.55. The van der Waals surface area contributed by atoms with E-state index >= 15 is 0 Å². The van der Waals surface area contributed by atoms with Crippen LogP contribution >= 0.6 is 34.0 Å². The Morgan fingerprint density at radius 2 is 1.05 bits per heavy atom. The van der Waals surface area contributed by atoms with Crippen molar-refractivity contribution in [3.8, 4) is 16.3 Å². The van der Waals surface area contributed by atoms with E-state index < -0.39 is 0 Å². The van der Waals surface area contributed by atoms with E-state index in [1.54, 1.807) is 11.3 Å². The quantitative estimate of drug-likeness (QED) is 0.196. The summed E-state index contributed by atoms with van der Waals surface area (Å²) in [7, 11) is 0. The van der Waals surface area contributed by atoms with Crippen molar-refractivity contribution < 1.29 is 0 Å². The van der Waals surface area contributed by atoms with Gasteiger partial charge in [-0.2, -0.15) is 0 Å². The minimum absolute atomic E-state index is 1.08. The molecule has 0 aliphatic carbocycles. The number of aromatic nitrogens is 2. The monoisotopic (exact) mass is 588 g/mol. The van der Waals surface area contributed by atoms with Crippen LogP contribution in [0.15, 0.2) is 121 Å². The molecule has 0 saturated carbocycles. The number of thiophene rings is 2. The highest BCUT2D eigenvalue weighted by molar-refractivity contribution is 7.28. The first-order valence-corrected chi connectivity index (χ1v) is 16.4. The van der Waals surface area contributed by atoms with Crippen LogP contribution in [0.5, 0.6) is 0 Å². The van der Waals surface area contributed by atoms with Crippen LogP contribution in [0, 0.1) is 0 Å². The van der Waals surface area contributed by atoms with Crippen LogP contribution in [-0.4, -0.2) is 9.55 Å². The Morgan fingerprint density at radius 3 is 1.79 bits per heavy atom. The van der Waals surface area contributed by atoms with Gasteiger partial charge in [0.2, 0.25) is 0 Å². The summed E-state index contributed by atoms with van der Waals surface area (Å²) in [6.07, 6.45) is 0. The molecule has 0 aliphatic rings. The van der Waals surface area contributed by atoms with Gasteiger partial charge in [0.1, 0.15) is 5.01 Å². The maximum absolute atomic E-state index is 5.37. The maximum Gasteiger partial charge on any atom is 0.126 e. The molecule has 0 radical (unpaired) electrons. The van der Waals surface area contributed by atoms with Crippen molar-refractivity contribution in [1.29, 1.82) is 0 Å². The number of hydrogen-bond acceptors (Lipinski definition) is 4. The van der Waals surface area contributed by atoms with E-state index in [4.69, 9.17) is 4.98 Å². The Labute approximate surface area is 252 Å². The van der Waals surface area contributed by atoms with E-state index in [0.717, 1.165) is 10.5 Å². The largest absolute Gasteiger partial charge is 0.309 e. The summed E-state index contributed by atoms with van der Waals surface area (Å²) < 4.78 is 8.90. The molecule has 0 unspecified atom stereocenters. The van der Waals surface area contributed by atoms with Crippen LogP contribution in [-0.2, 0) is 0 Å².